The van der Waals surface area contributed by atoms with Gasteiger partial charge in [-0.15, -0.1) is 6.58 Å². The highest BCUT2D eigenvalue weighted by Gasteiger charge is 2.58. The van der Waals surface area contributed by atoms with Gasteiger partial charge in [-0.3, -0.25) is 9.80 Å². The molecule has 0 aliphatic carbocycles. The monoisotopic (exact) mass is 1080 g/mol. The third kappa shape index (κ3) is 15.5. The van der Waals surface area contributed by atoms with E-state index in [4.69, 9.17) is 37.7 Å². The van der Waals surface area contributed by atoms with Crippen molar-refractivity contribution in [3.05, 3.63) is 144 Å². The zero-order valence-corrected chi connectivity index (χ0v) is 46.8. The highest BCUT2D eigenvalue weighted by atomic mass is 16.7. The molecule has 78 heavy (non-hydrogen) atoms. The highest BCUT2D eigenvalue weighted by Crippen LogP contribution is 2.48. The van der Waals surface area contributed by atoms with Crippen molar-refractivity contribution in [3.8, 4) is 11.5 Å². The van der Waals surface area contributed by atoms with Crippen LogP contribution in [0.3, 0.4) is 0 Å². The van der Waals surface area contributed by atoms with Gasteiger partial charge in [0, 0.05) is 50.1 Å². The van der Waals surface area contributed by atoms with E-state index in [2.05, 4.69) is 24.1 Å². The van der Waals surface area contributed by atoms with E-state index in [9.17, 15) is 19.2 Å². The fourth-order valence-electron chi connectivity index (χ4n) is 10.8. The first-order valence-corrected chi connectivity index (χ1v) is 26.6. The maximum Gasteiger partial charge on any atom is 0.457 e. The number of methoxy groups -OCH3 is 4. The molecular formula is C61H85BN4O12. The maximum absolute atomic E-state index is 13.5. The summed E-state index contributed by atoms with van der Waals surface area (Å²) in [5.74, 6) is 0.698. The van der Waals surface area contributed by atoms with E-state index >= 15 is 0 Å². The van der Waals surface area contributed by atoms with E-state index in [0.29, 0.717) is 58.4 Å². The van der Waals surface area contributed by atoms with Gasteiger partial charge in [0.05, 0.1) is 39.6 Å². The number of hydrogen-bond acceptors (Lipinski definition) is 14. The van der Waals surface area contributed by atoms with Crippen LogP contribution in [0.15, 0.2) is 122 Å². The number of benzene rings is 4. The van der Waals surface area contributed by atoms with Gasteiger partial charge in [-0.05, 0) is 105 Å². The van der Waals surface area contributed by atoms with Crippen LogP contribution < -0.4 is 20.1 Å². The summed E-state index contributed by atoms with van der Waals surface area (Å²) in [7, 11) is 5.68. The summed E-state index contributed by atoms with van der Waals surface area (Å²) in [6.07, 6.45) is 3.42. The normalized spacial score (nSPS) is 22.8. The van der Waals surface area contributed by atoms with Crippen LogP contribution in [0, 0.1) is 22.7 Å². The summed E-state index contributed by atoms with van der Waals surface area (Å²) in [4.78, 5) is 55.9. The van der Waals surface area contributed by atoms with E-state index < -0.39 is 58.2 Å². The predicted octanol–water partition coefficient (Wildman–Crippen LogP) is 10.3. The zero-order chi connectivity index (χ0) is 55.8. The molecule has 0 unspecified atom stereocenters. The molecule has 424 valence electrons. The predicted molar refractivity (Wildman–Crippen MR) is 303 cm³/mol. The van der Waals surface area contributed by atoms with Crippen LogP contribution in [-0.2, 0) is 64.1 Å². The first-order valence-electron chi connectivity index (χ1n) is 26.6. The lowest BCUT2D eigenvalue weighted by Crippen LogP contribution is -2.49. The fourth-order valence-corrected chi connectivity index (χ4v) is 10.8. The Balaban J connectivity index is 0.000000291. The van der Waals surface area contributed by atoms with Crippen molar-refractivity contribution in [2.24, 2.45) is 22.7 Å². The average Bonchev–Trinajstić information content (AvgIpc) is 4.09. The van der Waals surface area contributed by atoms with Gasteiger partial charge in [0.25, 0.3) is 0 Å². The molecule has 0 aromatic heterocycles. The number of carbonyl (C=O) groups excluding carboxylic acids is 4. The van der Waals surface area contributed by atoms with Crippen LogP contribution in [0.5, 0.6) is 11.5 Å². The number of carbonyl (C=O) groups is 4. The molecule has 0 bridgehead atoms. The van der Waals surface area contributed by atoms with Gasteiger partial charge in [0.15, 0.2) is 0 Å². The Morgan fingerprint density at radius 1 is 0.603 bits per heavy atom. The Morgan fingerprint density at radius 3 is 1.38 bits per heavy atom. The van der Waals surface area contributed by atoms with Gasteiger partial charge in [-0.2, -0.15) is 0 Å². The summed E-state index contributed by atoms with van der Waals surface area (Å²) in [5.41, 5.74) is 2.07. The van der Waals surface area contributed by atoms with Gasteiger partial charge >= 0.3 is 31.2 Å². The Morgan fingerprint density at radius 2 is 1.00 bits per heavy atom. The molecule has 3 aliphatic heterocycles. The molecule has 4 aromatic carbocycles. The van der Waals surface area contributed by atoms with Crippen molar-refractivity contribution >= 4 is 31.2 Å². The lowest BCUT2D eigenvalue weighted by Gasteiger charge is -2.36. The number of ether oxygens (including phenoxy) is 6. The van der Waals surface area contributed by atoms with Crippen molar-refractivity contribution < 1.29 is 56.9 Å². The highest BCUT2D eigenvalue weighted by molar-refractivity contribution is 6.45. The number of nitrogens with one attached hydrogen (secondary N) is 2. The summed E-state index contributed by atoms with van der Waals surface area (Å²) in [6.45, 7) is 19.7. The molecule has 2 amide bonds. The number of rotatable bonds is 22. The van der Waals surface area contributed by atoms with Gasteiger partial charge < -0.3 is 48.4 Å². The third-order valence-electron chi connectivity index (χ3n) is 16.1. The van der Waals surface area contributed by atoms with Crippen molar-refractivity contribution in [3.63, 3.8) is 0 Å². The van der Waals surface area contributed by atoms with Crippen LogP contribution >= 0.6 is 0 Å². The molecule has 16 nitrogen and oxygen atoms in total. The average molecular weight is 1080 g/mol. The topological polar surface area (TPSA) is 173 Å². The van der Waals surface area contributed by atoms with E-state index in [1.54, 1.807) is 25.2 Å². The first-order chi connectivity index (χ1) is 36.8. The number of allylic oxidation sites excluding steroid dienone is 1. The lowest BCUT2D eigenvalue weighted by atomic mass is 9.69. The maximum atomic E-state index is 13.5. The Hall–Kier alpha value is -6.40. The molecule has 3 heterocycles. The third-order valence-corrected chi connectivity index (χ3v) is 16.1. The quantitative estimate of drug-likeness (QED) is 0.0329. The molecule has 0 spiro atoms. The van der Waals surface area contributed by atoms with Crippen LogP contribution in [-0.4, -0.2) is 119 Å². The van der Waals surface area contributed by atoms with Crippen molar-refractivity contribution in [2.45, 2.75) is 124 Å². The standard InChI is InChI=1S/C33H47BN2O7.C27H34N2O5.CH4/c1-31(2)32(3,4)43-34(42-31)19-11-18-33(5)26(21-35-20-24-14-16-27(39-6)17-15-24)22-36(28(33)29(37)40-7)30(38)41-23-25-12-9-8-10-13-25;1-5-15-27(2)22(17-28-16-20-11-13-23(32-3)14-12-20)18-29(24(27)25(30)33-4)26(31)34-19-21-9-7-6-8-10-21;/h8-10,12-17,26,28,35H,11,18-23H2,1-7H3;5-14,22,24,28H,1,15-19H2,2-4H3;1H4/t26-,28+,33+;22-,24+,27+;/m00./s1. The van der Waals surface area contributed by atoms with E-state index in [1.807, 2.05) is 144 Å². The van der Waals surface area contributed by atoms with Gasteiger partial charge in [-0.1, -0.05) is 119 Å². The summed E-state index contributed by atoms with van der Waals surface area (Å²) in [6, 6.07) is 33.2. The van der Waals surface area contributed by atoms with E-state index in [1.165, 1.54) is 19.1 Å². The molecule has 4 aromatic rings. The van der Waals surface area contributed by atoms with E-state index in [-0.39, 0.29) is 39.6 Å². The molecule has 2 N–H and O–H groups in total. The number of likely N-dealkylation sites (tertiary alicyclic amines) is 2. The molecule has 3 aliphatic rings. The summed E-state index contributed by atoms with van der Waals surface area (Å²) in [5, 5.41) is 7.05. The minimum atomic E-state index is -0.785. The number of esters is 2. The number of hydrogen-bond donors (Lipinski definition) is 2. The van der Waals surface area contributed by atoms with Crippen molar-refractivity contribution in [1.29, 1.82) is 0 Å². The fraction of sp³-hybridized carbons (Fsp3) is 0.508. The van der Waals surface area contributed by atoms with Crippen LogP contribution in [0.2, 0.25) is 6.32 Å². The Kier molecular flexibility index (Phi) is 22.8. The molecule has 3 saturated heterocycles. The van der Waals surface area contributed by atoms with Crippen molar-refractivity contribution in [1.82, 2.24) is 20.4 Å². The second-order valence-electron chi connectivity index (χ2n) is 21.7. The van der Waals surface area contributed by atoms with Gasteiger partial charge in [0.1, 0.15) is 36.8 Å². The smallest absolute Gasteiger partial charge is 0.457 e. The summed E-state index contributed by atoms with van der Waals surface area (Å²) >= 11 is 0. The molecule has 0 radical (unpaired) electrons. The molecule has 17 heteroatoms. The Labute approximate surface area is 463 Å². The van der Waals surface area contributed by atoms with Gasteiger partial charge in [-0.25, -0.2) is 19.2 Å². The molecule has 3 fully saturated rings. The first kappa shape index (κ1) is 62.4. The number of amides is 2. The largest absolute Gasteiger partial charge is 0.497 e. The van der Waals surface area contributed by atoms with Crippen LogP contribution in [0.25, 0.3) is 0 Å². The van der Waals surface area contributed by atoms with Crippen molar-refractivity contribution in [2.75, 3.05) is 54.6 Å². The minimum Gasteiger partial charge on any atom is -0.497 e. The van der Waals surface area contributed by atoms with Gasteiger partial charge in [0.2, 0.25) is 0 Å². The molecular weight excluding hydrogens is 991 g/mol. The Bertz CT molecular complexity index is 2520. The summed E-state index contributed by atoms with van der Waals surface area (Å²) < 4.78 is 44.6. The molecule has 7 rings (SSSR count). The molecule has 0 saturated carbocycles. The number of nitrogens with zero attached hydrogens (tertiary/aromatic N) is 2. The van der Waals surface area contributed by atoms with Crippen LogP contribution in [0.4, 0.5) is 9.59 Å². The minimum absolute atomic E-state index is 0. The molecule has 6 atom stereocenters. The van der Waals surface area contributed by atoms with Crippen LogP contribution in [0.1, 0.15) is 90.5 Å². The lowest BCUT2D eigenvalue weighted by molar-refractivity contribution is -0.150. The second-order valence-corrected chi connectivity index (χ2v) is 21.7. The SMILES string of the molecule is C.C=CC[C@]1(C)[C@@H](CNCc2ccc(OC)cc2)CN(C(=O)OCc2ccccc2)[C@@H]1C(=O)OC.COC(=O)[C@H]1N(C(=O)OCc2ccccc2)C[C@H](CNCc2ccc(OC)cc2)[C@@]1(C)CCCB1OC(C)(C)C(C)(C)O1. The second kappa shape index (κ2) is 28.5. The van der Waals surface area contributed by atoms with E-state index in [0.717, 1.165) is 40.2 Å². The zero-order valence-electron chi connectivity index (χ0n) is 46.8.